The molecule has 0 aliphatic carbocycles. The van der Waals surface area contributed by atoms with Crippen LogP contribution in [0, 0.1) is 0 Å². The molecule has 0 saturated heterocycles. The lowest BCUT2D eigenvalue weighted by Gasteiger charge is -1.97. The second kappa shape index (κ2) is 3.26. The van der Waals surface area contributed by atoms with Gasteiger partial charge in [0.1, 0.15) is 11.7 Å². The predicted molar refractivity (Wildman–Crippen MR) is 50.2 cm³/mol. The third-order valence-corrected chi connectivity index (χ3v) is 1.95. The van der Waals surface area contributed by atoms with Gasteiger partial charge < -0.3 is 5.11 Å². The predicted octanol–water partition coefficient (Wildman–Crippen LogP) is 1.17. The minimum atomic E-state index is -0.961. The molecule has 0 fully saturated rings. The molecule has 2 aromatic rings. The van der Waals surface area contributed by atoms with Gasteiger partial charge in [0, 0.05) is 5.39 Å². The Bertz CT molecular complexity index is 494. The molecule has 6 heteroatoms. The number of aromatic nitrogens is 3. The molecule has 0 atom stereocenters. The first-order valence-corrected chi connectivity index (χ1v) is 4.24. The van der Waals surface area contributed by atoms with Crippen molar-refractivity contribution in [2.75, 3.05) is 0 Å². The first kappa shape index (κ1) is 8.96. The van der Waals surface area contributed by atoms with Crippen LogP contribution in [-0.2, 0) is 11.3 Å². The van der Waals surface area contributed by atoms with Crippen LogP contribution in [0.5, 0.6) is 0 Å². The number of hydrogen-bond acceptors (Lipinski definition) is 3. The third-order valence-electron chi connectivity index (χ3n) is 1.74. The van der Waals surface area contributed by atoms with Crippen LogP contribution in [0.2, 0.25) is 5.15 Å². The molecule has 0 saturated carbocycles. The maximum atomic E-state index is 10.5. The SMILES string of the molecule is O=C(O)Cn1ncc2ccc(Cl)nc21. The van der Waals surface area contributed by atoms with Crippen molar-refractivity contribution in [1.82, 2.24) is 14.8 Å². The van der Waals surface area contributed by atoms with E-state index in [9.17, 15) is 4.79 Å². The number of rotatable bonds is 2. The summed E-state index contributed by atoms with van der Waals surface area (Å²) >= 11 is 5.68. The van der Waals surface area contributed by atoms with Crippen molar-refractivity contribution in [2.45, 2.75) is 6.54 Å². The van der Waals surface area contributed by atoms with E-state index < -0.39 is 5.97 Å². The minimum absolute atomic E-state index is 0.211. The number of halogens is 1. The van der Waals surface area contributed by atoms with Crippen LogP contribution in [0.25, 0.3) is 11.0 Å². The summed E-state index contributed by atoms with van der Waals surface area (Å²) in [6.07, 6.45) is 1.56. The van der Waals surface area contributed by atoms with E-state index in [4.69, 9.17) is 16.7 Å². The van der Waals surface area contributed by atoms with Crippen LogP contribution < -0.4 is 0 Å². The van der Waals surface area contributed by atoms with Crippen LogP contribution in [0.1, 0.15) is 0 Å². The normalized spacial score (nSPS) is 10.6. The van der Waals surface area contributed by atoms with Gasteiger partial charge in [-0.1, -0.05) is 11.6 Å². The molecule has 2 aromatic heterocycles. The zero-order chi connectivity index (χ0) is 10.1. The number of carboxylic acid groups (broad SMARTS) is 1. The quantitative estimate of drug-likeness (QED) is 0.758. The van der Waals surface area contributed by atoms with Crippen LogP contribution >= 0.6 is 11.6 Å². The average molecular weight is 212 g/mol. The highest BCUT2D eigenvalue weighted by Crippen LogP contribution is 2.14. The van der Waals surface area contributed by atoms with Crippen LogP contribution in [0.4, 0.5) is 0 Å². The lowest BCUT2D eigenvalue weighted by Crippen LogP contribution is -2.10. The first-order chi connectivity index (χ1) is 6.66. The van der Waals surface area contributed by atoms with E-state index in [-0.39, 0.29) is 6.54 Å². The summed E-state index contributed by atoms with van der Waals surface area (Å²) in [5, 5.41) is 13.6. The van der Waals surface area contributed by atoms with Gasteiger partial charge in [0.15, 0.2) is 5.65 Å². The van der Waals surface area contributed by atoms with E-state index in [1.165, 1.54) is 4.68 Å². The molecular formula is C8H6ClN3O2. The second-order valence-electron chi connectivity index (χ2n) is 2.74. The Morgan fingerprint density at radius 1 is 1.57 bits per heavy atom. The largest absolute Gasteiger partial charge is 0.480 e. The van der Waals surface area contributed by atoms with Crippen molar-refractivity contribution < 1.29 is 9.90 Å². The number of carbonyl (C=O) groups is 1. The van der Waals surface area contributed by atoms with E-state index in [0.717, 1.165) is 5.39 Å². The fourth-order valence-corrected chi connectivity index (χ4v) is 1.32. The monoisotopic (exact) mass is 211 g/mol. The number of carboxylic acids is 1. The summed E-state index contributed by atoms with van der Waals surface area (Å²) in [6, 6.07) is 3.38. The summed E-state index contributed by atoms with van der Waals surface area (Å²) in [5.74, 6) is -0.961. The number of hydrogen-bond donors (Lipinski definition) is 1. The fourth-order valence-electron chi connectivity index (χ4n) is 1.17. The molecule has 2 rings (SSSR count). The molecule has 0 aliphatic rings. The molecule has 0 aliphatic heterocycles. The van der Waals surface area contributed by atoms with E-state index in [2.05, 4.69) is 10.1 Å². The van der Waals surface area contributed by atoms with Gasteiger partial charge in [-0.3, -0.25) is 4.79 Å². The van der Waals surface area contributed by atoms with Gasteiger partial charge in [0.25, 0.3) is 0 Å². The molecule has 0 amide bonds. The Balaban J connectivity index is 2.55. The molecule has 14 heavy (non-hydrogen) atoms. The van der Waals surface area contributed by atoms with Crippen molar-refractivity contribution in [3.8, 4) is 0 Å². The summed E-state index contributed by atoms with van der Waals surface area (Å²) in [4.78, 5) is 14.5. The second-order valence-corrected chi connectivity index (χ2v) is 3.13. The molecule has 0 unspecified atom stereocenters. The fraction of sp³-hybridized carbons (Fsp3) is 0.125. The van der Waals surface area contributed by atoms with E-state index in [1.54, 1.807) is 18.3 Å². The minimum Gasteiger partial charge on any atom is -0.480 e. The zero-order valence-corrected chi connectivity index (χ0v) is 7.77. The third kappa shape index (κ3) is 1.54. The van der Waals surface area contributed by atoms with Crippen molar-refractivity contribution in [2.24, 2.45) is 0 Å². The molecule has 0 radical (unpaired) electrons. The molecular weight excluding hydrogens is 206 g/mol. The van der Waals surface area contributed by atoms with Crippen molar-refractivity contribution in [3.63, 3.8) is 0 Å². The van der Waals surface area contributed by atoms with Gasteiger partial charge in [-0.25, -0.2) is 9.67 Å². The topological polar surface area (TPSA) is 68.0 Å². The average Bonchev–Trinajstić information content (AvgIpc) is 2.47. The van der Waals surface area contributed by atoms with Gasteiger partial charge in [0.05, 0.1) is 6.20 Å². The summed E-state index contributed by atoms with van der Waals surface area (Å²) in [5.41, 5.74) is 0.486. The Kier molecular flexibility index (Phi) is 2.09. The Hall–Kier alpha value is -1.62. The van der Waals surface area contributed by atoms with E-state index >= 15 is 0 Å². The van der Waals surface area contributed by atoms with E-state index in [1.807, 2.05) is 0 Å². The maximum Gasteiger partial charge on any atom is 0.325 e. The van der Waals surface area contributed by atoms with Crippen LogP contribution in [0.3, 0.4) is 0 Å². The standard InChI is InChI=1S/C8H6ClN3O2/c9-6-2-1-5-3-10-12(4-7(13)14)8(5)11-6/h1-3H,4H2,(H,13,14). The van der Waals surface area contributed by atoms with Gasteiger partial charge in [-0.2, -0.15) is 5.10 Å². The van der Waals surface area contributed by atoms with Gasteiger partial charge in [0.2, 0.25) is 0 Å². The van der Waals surface area contributed by atoms with Crippen LogP contribution in [0.15, 0.2) is 18.3 Å². The number of nitrogens with zero attached hydrogens (tertiary/aromatic N) is 3. The molecule has 0 aromatic carbocycles. The summed E-state index contributed by atoms with van der Waals surface area (Å²) in [7, 11) is 0. The summed E-state index contributed by atoms with van der Waals surface area (Å²) in [6.45, 7) is -0.211. The zero-order valence-electron chi connectivity index (χ0n) is 7.01. The lowest BCUT2D eigenvalue weighted by molar-refractivity contribution is -0.137. The molecule has 72 valence electrons. The van der Waals surface area contributed by atoms with Crippen molar-refractivity contribution in [3.05, 3.63) is 23.5 Å². The first-order valence-electron chi connectivity index (χ1n) is 3.86. The van der Waals surface area contributed by atoms with Gasteiger partial charge in [-0.05, 0) is 12.1 Å². The number of pyridine rings is 1. The van der Waals surface area contributed by atoms with Crippen molar-refractivity contribution >= 4 is 28.6 Å². The molecule has 5 nitrogen and oxygen atoms in total. The Morgan fingerprint density at radius 2 is 2.36 bits per heavy atom. The van der Waals surface area contributed by atoms with Crippen LogP contribution in [-0.4, -0.2) is 25.8 Å². The Labute approximate surface area is 83.9 Å². The summed E-state index contributed by atoms with van der Waals surface area (Å²) < 4.78 is 1.30. The van der Waals surface area contributed by atoms with Gasteiger partial charge >= 0.3 is 5.97 Å². The number of aliphatic carboxylic acids is 1. The molecule has 0 bridgehead atoms. The van der Waals surface area contributed by atoms with Gasteiger partial charge in [-0.15, -0.1) is 0 Å². The smallest absolute Gasteiger partial charge is 0.325 e. The number of fused-ring (bicyclic) bond motifs is 1. The highest BCUT2D eigenvalue weighted by atomic mass is 35.5. The van der Waals surface area contributed by atoms with E-state index in [0.29, 0.717) is 10.8 Å². The molecule has 2 heterocycles. The molecule has 0 spiro atoms. The lowest BCUT2D eigenvalue weighted by atomic mass is 10.4. The highest BCUT2D eigenvalue weighted by molar-refractivity contribution is 6.29. The molecule has 1 N–H and O–H groups in total. The van der Waals surface area contributed by atoms with Crippen molar-refractivity contribution in [1.29, 1.82) is 0 Å². The Morgan fingerprint density at radius 3 is 3.07 bits per heavy atom. The highest BCUT2D eigenvalue weighted by Gasteiger charge is 2.07. The maximum absolute atomic E-state index is 10.5.